The van der Waals surface area contributed by atoms with Gasteiger partial charge in [-0.15, -0.1) is 11.3 Å². The van der Waals surface area contributed by atoms with E-state index in [-0.39, 0.29) is 5.56 Å². The van der Waals surface area contributed by atoms with E-state index in [1.807, 2.05) is 0 Å². The molecule has 0 bridgehead atoms. The molecule has 4 nitrogen and oxygen atoms in total. The zero-order valence-corrected chi connectivity index (χ0v) is 6.60. The monoisotopic (exact) mass is 167 g/mol. The largest absolute Gasteiger partial charge is 0.309 e. The fourth-order valence-electron chi connectivity index (χ4n) is 0.883. The maximum atomic E-state index is 11.1. The van der Waals surface area contributed by atoms with Crippen LogP contribution in [0.4, 0.5) is 0 Å². The number of rotatable bonds is 0. The van der Waals surface area contributed by atoms with Crippen LogP contribution < -0.4 is 5.56 Å². The number of fused-ring (bicyclic) bond motifs is 1. The summed E-state index contributed by atoms with van der Waals surface area (Å²) in [4.78, 5) is 21.7. The van der Waals surface area contributed by atoms with Crippen LogP contribution in [0.15, 0.2) is 10.3 Å². The lowest BCUT2D eigenvalue weighted by atomic mass is 10.5. The number of aromatic amines is 1. The highest BCUT2D eigenvalue weighted by molar-refractivity contribution is 7.16. The molecule has 11 heavy (non-hydrogen) atoms. The molecule has 2 aromatic rings. The average molecular weight is 167 g/mol. The van der Waals surface area contributed by atoms with Gasteiger partial charge in [0.15, 0.2) is 5.65 Å². The Morgan fingerprint density at radius 1 is 1.64 bits per heavy atom. The summed E-state index contributed by atoms with van der Waals surface area (Å²) in [6.45, 7) is 1.74. The summed E-state index contributed by atoms with van der Waals surface area (Å²) in [5, 5.41) is 0. The number of hydrogen-bond acceptors (Lipinski definition) is 4. The van der Waals surface area contributed by atoms with Crippen LogP contribution in [-0.4, -0.2) is 15.0 Å². The highest BCUT2D eigenvalue weighted by Crippen LogP contribution is 2.08. The van der Waals surface area contributed by atoms with Gasteiger partial charge in [0.2, 0.25) is 0 Å². The second-order valence-corrected chi connectivity index (χ2v) is 3.01. The van der Waals surface area contributed by atoms with E-state index in [9.17, 15) is 4.79 Å². The molecule has 2 rings (SSSR count). The smallest absolute Gasteiger partial charge is 0.270 e. The van der Waals surface area contributed by atoms with Gasteiger partial charge in [-0.2, -0.15) is 0 Å². The van der Waals surface area contributed by atoms with Crippen molar-refractivity contribution in [1.82, 2.24) is 15.0 Å². The van der Waals surface area contributed by atoms with Crippen molar-refractivity contribution in [3.8, 4) is 0 Å². The summed E-state index contributed by atoms with van der Waals surface area (Å²) in [5.41, 5.74) is 2.05. The second-order valence-electron chi connectivity index (χ2n) is 2.16. The van der Waals surface area contributed by atoms with Crippen molar-refractivity contribution < 1.29 is 0 Å². The van der Waals surface area contributed by atoms with Crippen LogP contribution in [0.1, 0.15) is 5.82 Å². The number of aryl methyl sites for hydroxylation is 1. The summed E-state index contributed by atoms with van der Waals surface area (Å²) in [5.74, 6) is 0.605. The summed E-state index contributed by atoms with van der Waals surface area (Å²) in [6, 6.07) is 0. The Kier molecular flexibility index (Phi) is 1.25. The number of H-pyrrole nitrogens is 1. The van der Waals surface area contributed by atoms with E-state index in [0.717, 1.165) is 0 Å². The molecule has 1 N–H and O–H groups in total. The first-order chi connectivity index (χ1) is 5.27. The van der Waals surface area contributed by atoms with E-state index >= 15 is 0 Å². The maximum absolute atomic E-state index is 11.1. The summed E-state index contributed by atoms with van der Waals surface area (Å²) >= 11 is 1.31. The van der Waals surface area contributed by atoms with E-state index in [2.05, 4.69) is 15.0 Å². The molecule has 2 heterocycles. The van der Waals surface area contributed by atoms with E-state index in [1.54, 1.807) is 12.4 Å². The quantitative estimate of drug-likeness (QED) is 0.628. The molecule has 0 aliphatic carbocycles. The third-order valence-corrected chi connectivity index (χ3v) is 2.14. The number of hydrogen-bond donors (Lipinski definition) is 1. The minimum absolute atomic E-state index is 0.102. The number of thiazole rings is 1. The Morgan fingerprint density at radius 3 is 3.27 bits per heavy atom. The molecule has 5 heteroatoms. The number of nitrogens with one attached hydrogen (secondary N) is 1. The molecule has 2 aromatic heterocycles. The number of nitrogens with zero attached hydrogens (tertiary/aromatic N) is 2. The van der Waals surface area contributed by atoms with Gasteiger partial charge in [-0.1, -0.05) is 0 Å². The molecule has 0 fully saturated rings. The maximum Gasteiger partial charge on any atom is 0.270 e. The number of aromatic nitrogens is 3. The molecular weight excluding hydrogens is 162 g/mol. The molecule has 0 saturated carbocycles. The molecule has 0 atom stereocenters. The molecule has 0 aliphatic rings. The van der Waals surface area contributed by atoms with Crippen LogP contribution in [0.25, 0.3) is 10.3 Å². The van der Waals surface area contributed by atoms with Crippen molar-refractivity contribution in [2.45, 2.75) is 6.92 Å². The minimum Gasteiger partial charge on any atom is -0.309 e. The molecule has 0 spiro atoms. The topological polar surface area (TPSA) is 58.6 Å². The third kappa shape index (κ3) is 0.932. The lowest BCUT2D eigenvalue weighted by Crippen LogP contribution is -2.07. The van der Waals surface area contributed by atoms with Crippen LogP contribution in [0, 0.1) is 6.92 Å². The van der Waals surface area contributed by atoms with Crippen LogP contribution in [0.3, 0.4) is 0 Å². The highest BCUT2D eigenvalue weighted by atomic mass is 32.1. The Balaban J connectivity index is 3.02. The van der Waals surface area contributed by atoms with Crippen molar-refractivity contribution in [3.63, 3.8) is 0 Å². The molecule has 0 amide bonds. The van der Waals surface area contributed by atoms with Crippen LogP contribution >= 0.6 is 11.3 Å². The standard InChI is InChI=1S/C6H5N3OS/c1-3-8-5-4(6(10)9-3)11-2-7-5/h2H,1H3,(H,8,9,10). The summed E-state index contributed by atoms with van der Waals surface area (Å²) in [6.07, 6.45) is 0. The molecule has 0 radical (unpaired) electrons. The van der Waals surface area contributed by atoms with Gasteiger partial charge in [0.25, 0.3) is 5.56 Å². The van der Waals surface area contributed by atoms with E-state index in [4.69, 9.17) is 0 Å². The molecule has 0 aromatic carbocycles. The fourth-order valence-corrected chi connectivity index (χ4v) is 1.50. The first-order valence-electron chi connectivity index (χ1n) is 3.07. The molecule has 56 valence electrons. The first-order valence-corrected chi connectivity index (χ1v) is 3.95. The van der Waals surface area contributed by atoms with Gasteiger partial charge < -0.3 is 4.98 Å². The lowest BCUT2D eigenvalue weighted by Gasteiger charge is -1.88. The Hall–Kier alpha value is -1.23. The predicted molar refractivity (Wildman–Crippen MR) is 42.8 cm³/mol. The summed E-state index contributed by atoms with van der Waals surface area (Å²) < 4.78 is 0.593. The Morgan fingerprint density at radius 2 is 2.45 bits per heavy atom. The van der Waals surface area contributed by atoms with Crippen molar-refractivity contribution in [2.75, 3.05) is 0 Å². The highest BCUT2D eigenvalue weighted by Gasteiger charge is 2.01. The van der Waals surface area contributed by atoms with Crippen LogP contribution in [-0.2, 0) is 0 Å². The molecule has 0 aliphatic heterocycles. The predicted octanol–water partition coefficient (Wildman–Crippen LogP) is 0.688. The van der Waals surface area contributed by atoms with Crippen molar-refractivity contribution in [3.05, 3.63) is 21.7 Å². The van der Waals surface area contributed by atoms with Gasteiger partial charge in [-0.25, -0.2) is 9.97 Å². The average Bonchev–Trinajstić information content (AvgIpc) is 2.34. The van der Waals surface area contributed by atoms with Gasteiger partial charge in [0, 0.05) is 0 Å². The van der Waals surface area contributed by atoms with E-state index in [1.165, 1.54) is 11.3 Å². The van der Waals surface area contributed by atoms with E-state index in [0.29, 0.717) is 16.2 Å². The summed E-state index contributed by atoms with van der Waals surface area (Å²) in [7, 11) is 0. The zero-order chi connectivity index (χ0) is 7.84. The van der Waals surface area contributed by atoms with Crippen molar-refractivity contribution in [1.29, 1.82) is 0 Å². The second kappa shape index (κ2) is 2.13. The van der Waals surface area contributed by atoms with Gasteiger partial charge in [-0.05, 0) is 6.92 Å². The normalized spacial score (nSPS) is 10.6. The SMILES string of the molecule is Cc1nc2ncsc2c(=O)[nH]1. The zero-order valence-electron chi connectivity index (χ0n) is 5.79. The van der Waals surface area contributed by atoms with Gasteiger partial charge in [-0.3, -0.25) is 4.79 Å². The van der Waals surface area contributed by atoms with Crippen LogP contribution in [0.5, 0.6) is 0 Å². The van der Waals surface area contributed by atoms with Crippen molar-refractivity contribution >= 4 is 21.7 Å². The van der Waals surface area contributed by atoms with Gasteiger partial charge in [0.1, 0.15) is 10.5 Å². The molecular formula is C6H5N3OS. The van der Waals surface area contributed by atoms with Crippen LogP contribution in [0.2, 0.25) is 0 Å². The Bertz CT molecular complexity index is 444. The first kappa shape index (κ1) is 6.48. The van der Waals surface area contributed by atoms with E-state index < -0.39 is 0 Å². The third-order valence-electron chi connectivity index (χ3n) is 1.32. The minimum atomic E-state index is -0.102. The lowest BCUT2D eigenvalue weighted by molar-refractivity contribution is 1.05. The van der Waals surface area contributed by atoms with Gasteiger partial charge >= 0.3 is 0 Å². The molecule has 0 saturated heterocycles. The molecule has 0 unspecified atom stereocenters. The van der Waals surface area contributed by atoms with Gasteiger partial charge in [0.05, 0.1) is 5.51 Å². The van der Waals surface area contributed by atoms with Crippen molar-refractivity contribution in [2.24, 2.45) is 0 Å². The Labute approximate surface area is 65.9 Å². The fraction of sp³-hybridized carbons (Fsp3) is 0.167.